The Morgan fingerprint density at radius 2 is 0.649 bits per heavy atom. The summed E-state index contributed by atoms with van der Waals surface area (Å²) in [5.74, 6) is 1.93. The fraction of sp³-hybridized carbons (Fsp3) is 0. The summed E-state index contributed by atoms with van der Waals surface area (Å²) < 4.78 is 2.05. The molecule has 0 amide bonds. The van der Waals surface area contributed by atoms with E-state index in [9.17, 15) is 0 Å². The van der Waals surface area contributed by atoms with Gasteiger partial charge in [0.1, 0.15) is 5.69 Å². The second-order valence-electron chi connectivity index (χ2n) is 14.0. The van der Waals surface area contributed by atoms with Crippen LogP contribution in [0.4, 0.5) is 0 Å². The molecule has 10 aromatic rings. The van der Waals surface area contributed by atoms with Crippen LogP contribution in [0.5, 0.6) is 0 Å². The normalized spacial score (nSPS) is 11.2. The molecule has 10 rings (SSSR count). The molecule has 2 heterocycles. The van der Waals surface area contributed by atoms with E-state index in [1.807, 2.05) is 77.5 Å². The summed E-state index contributed by atoms with van der Waals surface area (Å²) in [7, 11) is 0. The Kier molecular flexibility index (Phi) is 8.78. The SMILES string of the molecule is c1ccc(-c2nc(-c3ccccc3)nc(-c3cccc(-c4cccc(-c5cccc(-c6ccc7c(c6)c(-c6ccccc6)nn7-c6ccccc6)c5)c4)c3)n2)cc1. The number of para-hydroxylation sites is 1. The monoisotopic (exact) mass is 729 g/mol. The Balaban J connectivity index is 1.00. The maximum Gasteiger partial charge on any atom is 0.164 e. The Morgan fingerprint density at radius 1 is 0.281 bits per heavy atom. The molecule has 268 valence electrons. The minimum absolute atomic E-state index is 0.634. The highest BCUT2D eigenvalue weighted by molar-refractivity contribution is 5.97. The Labute approximate surface area is 331 Å². The van der Waals surface area contributed by atoms with Crippen molar-refractivity contribution in [2.75, 3.05) is 0 Å². The lowest BCUT2D eigenvalue weighted by Crippen LogP contribution is -2.00. The summed E-state index contributed by atoms with van der Waals surface area (Å²) >= 11 is 0. The van der Waals surface area contributed by atoms with E-state index in [0.29, 0.717) is 17.5 Å². The fourth-order valence-electron chi connectivity index (χ4n) is 7.41. The summed E-state index contributed by atoms with van der Waals surface area (Å²) in [6.45, 7) is 0. The van der Waals surface area contributed by atoms with Gasteiger partial charge < -0.3 is 0 Å². The molecule has 0 spiro atoms. The molecule has 57 heavy (non-hydrogen) atoms. The number of benzene rings is 8. The highest BCUT2D eigenvalue weighted by atomic mass is 15.3. The van der Waals surface area contributed by atoms with Crippen LogP contribution in [-0.2, 0) is 0 Å². The van der Waals surface area contributed by atoms with Crippen LogP contribution in [0.25, 0.3) is 95.4 Å². The summed E-state index contributed by atoms with van der Waals surface area (Å²) in [4.78, 5) is 14.8. The average molecular weight is 730 g/mol. The third-order valence-electron chi connectivity index (χ3n) is 10.3. The summed E-state index contributed by atoms with van der Waals surface area (Å²) in [5.41, 5.74) is 13.7. The number of hydrogen-bond acceptors (Lipinski definition) is 4. The van der Waals surface area contributed by atoms with Gasteiger partial charge in [0.15, 0.2) is 17.5 Å². The molecule has 8 aromatic carbocycles. The molecule has 0 aliphatic carbocycles. The number of nitrogens with zero attached hydrogens (tertiary/aromatic N) is 5. The van der Waals surface area contributed by atoms with Gasteiger partial charge in [0.2, 0.25) is 0 Å². The van der Waals surface area contributed by atoms with Crippen molar-refractivity contribution >= 4 is 10.9 Å². The molecule has 0 unspecified atom stereocenters. The standard InChI is InChI=1S/C52H35N5/c1-5-16-36(17-6-1)49-47-35-44(30-31-48(47)57(56-49)46-28-11-4-12-29-46)42-25-14-23-40(33-42)39-22-13-24-41(32-39)43-26-15-27-45(34-43)52-54-50(37-18-7-2-8-19-37)53-51(55-52)38-20-9-3-10-21-38/h1-35H. The molecule has 0 saturated carbocycles. The minimum Gasteiger partial charge on any atom is -0.232 e. The van der Waals surface area contributed by atoms with E-state index < -0.39 is 0 Å². The second-order valence-corrected chi connectivity index (χ2v) is 14.0. The molecule has 0 aliphatic heterocycles. The highest BCUT2D eigenvalue weighted by Crippen LogP contribution is 2.36. The summed E-state index contributed by atoms with van der Waals surface area (Å²) in [6.07, 6.45) is 0. The van der Waals surface area contributed by atoms with Gasteiger partial charge in [0, 0.05) is 27.6 Å². The first-order valence-corrected chi connectivity index (χ1v) is 19.1. The van der Waals surface area contributed by atoms with Crippen molar-refractivity contribution < 1.29 is 0 Å². The Morgan fingerprint density at radius 3 is 1.14 bits per heavy atom. The maximum atomic E-state index is 5.14. The van der Waals surface area contributed by atoms with Gasteiger partial charge in [0.25, 0.3) is 0 Å². The van der Waals surface area contributed by atoms with E-state index in [-0.39, 0.29) is 0 Å². The Bertz CT molecular complexity index is 2940. The first-order chi connectivity index (χ1) is 28.2. The van der Waals surface area contributed by atoms with E-state index in [0.717, 1.165) is 77.9 Å². The van der Waals surface area contributed by atoms with Crippen molar-refractivity contribution in [1.82, 2.24) is 24.7 Å². The largest absolute Gasteiger partial charge is 0.232 e. The summed E-state index contributed by atoms with van der Waals surface area (Å²) in [5, 5.41) is 6.25. The van der Waals surface area contributed by atoms with Crippen LogP contribution in [0.3, 0.4) is 0 Å². The average Bonchev–Trinajstić information content (AvgIpc) is 3.69. The lowest BCUT2D eigenvalue weighted by molar-refractivity contribution is 0.915. The van der Waals surface area contributed by atoms with E-state index in [2.05, 4.69) is 140 Å². The zero-order valence-corrected chi connectivity index (χ0v) is 30.9. The van der Waals surface area contributed by atoms with Crippen molar-refractivity contribution in [1.29, 1.82) is 0 Å². The van der Waals surface area contributed by atoms with Gasteiger partial charge in [-0.1, -0.05) is 170 Å². The third-order valence-corrected chi connectivity index (χ3v) is 10.3. The van der Waals surface area contributed by atoms with Crippen LogP contribution in [-0.4, -0.2) is 24.7 Å². The first kappa shape index (κ1) is 33.8. The van der Waals surface area contributed by atoms with E-state index >= 15 is 0 Å². The van der Waals surface area contributed by atoms with Gasteiger partial charge in [0.05, 0.1) is 11.2 Å². The predicted octanol–water partition coefficient (Wildman–Crippen LogP) is 12.9. The van der Waals surface area contributed by atoms with Gasteiger partial charge in [-0.25, -0.2) is 19.6 Å². The van der Waals surface area contributed by atoms with Crippen molar-refractivity contribution in [3.8, 4) is 84.5 Å². The van der Waals surface area contributed by atoms with Gasteiger partial charge >= 0.3 is 0 Å². The molecule has 0 saturated heterocycles. The molecule has 5 nitrogen and oxygen atoms in total. The molecular formula is C52H35N5. The smallest absolute Gasteiger partial charge is 0.164 e. The minimum atomic E-state index is 0.634. The van der Waals surface area contributed by atoms with Crippen LogP contribution in [0.2, 0.25) is 0 Å². The predicted molar refractivity (Wildman–Crippen MR) is 233 cm³/mol. The van der Waals surface area contributed by atoms with Crippen LogP contribution in [0.15, 0.2) is 212 Å². The molecule has 0 bridgehead atoms. The first-order valence-electron chi connectivity index (χ1n) is 19.1. The number of aromatic nitrogens is 5. The fourth-order valence-corrected chi connectivity index (χ4v) is 7.41. The molecule has 0 radical (unpaired) electrons. The zero-order valence-electron chi connectivity index (χ0n) is 30.9. The van der Waals surface area contributed by atoms with Gasteiger partial charge in [-0.2, -0.15) is 5.10 Å². The van der Waals surface area contributed by atoms with Gasteiger partial charge in [-0.3, -0.25) is 0 Å². The molecule has 0 aliphatic rings. The summed E-state index contributed by atoms with van der Waals surface area (Å²) in [6, 6.07) is 73.6. The van der Waals surface area contributed by atoms with Crippen molar-refractivity contribution in [3.05, 3.63) is 212 Å². The molecular weight excluding hydrogens is 695 g/mol. The number of fused-ring (bicyclic) bond motifs is 1. The van der Waals surface area contributed by atoms with Crippen molar-refractivity contribution in [3.63, 3.8) is 0 Å². The van der Waals surface area contributed by atoms with Crippen molar-refractivity contribution in [2.45, 2.75) is 0 Å². The van der Waals surface area contributed by atoms with E-state index in [1.54, 1.807) is 0 Å². The second kappa shape index (κ2) is 14.8. The van der Waals surface area contributed by atoms with Crippen molar-refractivity contribution in [2.24, 2.45) is 0 Å². The van der Waals surface area contributed by atoms with Gasteiger partial charge in [-0.05, 0) is 75.8 Å². The number of hydrogen-bond donors (Lipinski definition) is 0. The lowest BCUT2D eigenvalue weighted by atomic mass is 9.95. The van der Waals surface area contributed by atoms with Crippen LogP contribution in [0.1, 0.15) is 0 Å². The van der Waals surface area contributed by atoms with E-state index in [1.165, 1.54) is 0 Å². The van der Waals surface area contributed by atoms with E-state index in [4.69, 9.17) is 20.1 Å². The van der Waals surface area contributed by atoms with Crippen LogP contribution in [0, 0.1) is 0 Å². The highest BCUT2D eigenvalue weighted by Gasteiger charge is 2.16. The van der Waals surface area contributed by atoms with Crippen LogP contribution >= 0.6 is 0 Å². The molecule has 2 aromatic heterocycles. The molecule has 0 atom stereocenters. The molecule has 5 heteroatoms. The molecule has 0 N–H and O–H groups in total. The zero-order chi connectivity index (χ0) is 38.0. The van der Waals surface area contributed by atoms with Crippen LogP contribution < -0.4 is 0 Å². The Hall–Kier alpha value is -7.76. The third kappa shape index (κ3) is 6.79. The molecule has 0 fully saturated rings. The topological polar surface area (TPSA) is 56.5 Å². The quantitative estimate of drug-likeness (QED) is 0.156. The maximum absolute atomic E-state index is 5.14. The lowest BCUT2D eigenvalue weighted by Gasteiger charge is -2.11. The number of rotatable bonds is 8. The van der Waals surface area contributed by atoms with Gasteiger partial charge in [-0.15, -0.1) is 0 Å².